The van der Waals surface area contributed by atoms with Gasteiger partial charge in [0.05, 0.1) is 19.8 Å². The molecule has 108 valence electrons. The minimum atomic E-state index is 0.224. The van der Waals surface area contributed by atoms with Crippen LogP contribution in [-0.2, 0) is 14.9 Å². The molecule has 3 heteroatoms. The lowest BCUT2D eigenvalue weighted by molar-refractivity contribution is 0.0544. The van der Waals surface area contributed by atoms with Gasteiger partial charge in [0.15, 0.2) is 0 Å². The molecule has 1 aromatic carbocycles. The Morgan fingerprint density at radius 2 is 1.58 bits per heavy atom. The molecule has 0 aliphatic rings. The molecule has 0 aliphatic heterocycles. The number of rotatable bonds is 9. The lowest BCUT2D eigenvalue weighted by Gasteiger charge is -2.23. The van der Waals surface area contributed by atoms with Crippen molar-refractivity contribution < 1.29 is 14.2 Å². The van der Waals surface area contributed by atoms with E-state index in [4.69, 9.17) is 14.2 Å². The molecule has 0 aliphatic carbocycles. The largest absolute Gasteiger partial charge is 0.491 e. The first kappa shape index (κ1) is 16.0. The molecule has 0 saturated carbocycles. The van der Waals surface area contributed by atoms with E-state index in [0.717, 1.165) is 12.2 Å². The maximum atomic E-state index is 5.62. The normalized spacial score (nSPS) is 11.6. The Balaban J connectivity index is 2.32. The van der Waals surface area contributed by atoms with E-state index in [1.807, 2.05) is 12.1 Å². The lowest BCUT2D eigenvalue weighted by atomic mass is 9.82. The average Bonchev–Trinajstić information content (AvgIpc) is 2.43. The van der Waals surface area contributed by atoms with Gasteiger partial charge in [-0.1, -0.05) is 32.9 Å². The summed E-state index contributed by atoms with van der Waals surface area (Å²) in [5.74, 6) is 0.894. The summed E-state index contributed by atoms with van der Waals surface area (Å²) in [6.07, 6.45) is 1.13. The SMILES string of the molecule is CCC(C)(C)c1ccc(OCCOCCOC)cc1. The fourth-order valence-electron chi connectivity index (χ4n) is 1.67. The third-order valence-corrected chi connectivity index (χ3v) is 3.45. The molecule has 0 spiro atoms. The number of ether oxygens (including phenoxy) is 3. The molecule has 1 rings (SSSR count). The Morgan fingerprint density at radius 1 is 0.947 bits per heavy atom. The highest BCUT2D eigenvalue weighted by atomic mass is 16.5. The number of benzene rings is 1. The molecule has 1 aromatic rings. The predicted octanol–water partition coefficient (Wildman–Crippen LogP) is 3.42. The van der Waals surface area contributed by atoms with Gasteiger partial charge in [-0.3, -0.25) is 0 Å². The molecule has 0 heterocycles. The highest BCUT2D eigenvalue weighted by Crippen LogP contribution is 2.27. The van der Waals surface area contributed by atoms with Crippen molar-refractivity contribution in [2.24, 2.45) is 0 Å². The second-order valence-electron chi connectivity index (χ2n) is 5.22. The summed E-state index contributed by atoms with van der Waals surface area (Å²) in [7, 11) is 1.67. The van der Waals surface area contributed by atoms with E-state index >= 15 is 0 Å². The summed E-state index contributed by atoms with van der Waals surface area (Å²) in [6.45, 7) is 9.12. The van der Waals surface area contributed by atoms with Gasteiger partial charge in [-0.25, -0.2) is 0 Å². The third kappa shape index (κ3) is 5.62. The van der Waals surface area contributed by atoms with Crippen LogP contribution in [0.1, 0.15) is 32.8 Å². The van der Waals surface area contributed by atoms with Crippen molar-refractivity contribution in [1.82, 2.24) is 0 Å². The van der Waals surface area contributed by atoms with Crippen molar-refractivity contribution in [3.63, 3.8) is 0 Å². The third-order valence-electron chi connectivity index (χ3n) is 3.45. The van der Waals surface area contributed by atoms with Crippen molar-refractivity contribution >= 4 is 0 Å². The fraction of sp³-hybridized carbons (Fsp3) is 0.625. The molecule has 0 fully saturated rings. The minimum absolute atomic E-state index is 0.224. The second kappa shape index (κ2) is 8.18. The highest BCUT2D eigenvalue weighted by Gasteiger charge is 2.17. The van der Waals surface area contributed by atoms with Crippen LogP contribution in [0.2, 0.25) is 0 Å². The Kier molecular flexibility index (Phi) is 6.89. The quantitative estimate of drug-likeness (QED) is 0.641. The maximum Gasteiger partial charge on any atom is 0.119 e. The van der Waals surface area contributed by atoms with Crippen LogP contribution in [0.3, 0.4) is 0 Å². The zero-order valence-electron chi connectivity index (χ0n) is 12.6. The van der Waals surface area contributed by atoms with Gasteiger partial charge in [0.2, 0.25) is 0 Å². The van der Waals surface area contributed by atoms with Gasteiger partial charge in [-0.2, -0.15) is 0 Å². The number of hydrogen-bond donors (Lipinski definition) is 0. The first-order valence-electron chi connectivity index (χ1n) is 6.90. The smallest absolute Gasteiger partial charge is 0.119 e. The van der Waals surface area contributed by atoms with E-state index in [2.05, 4.69) is 32.9 Å². The molecular weight excluding hydrogens is 240 g/mol. The van der Waals surface area contributed by atoms with Crippen LogP contribution in [-0.4, -0.2) is 33.5 Å². The zero-order valence-corrected chi connectivity index (χ0v) is 12.6. The first-order valence-corrected chi connectivity index (χ1v) is 6.90. The Hall–Kier alpha value is -1.06. The second-order valence-corrected chi connectivity index (χ2v) is 5.22. The molecule has 0 unspecified atom stereocenters. The molecular formula is C16H26O3. The maximum absolute atomic E-state index is 5.62. The van der Waals surface area contributed by atoms with Gasteiger partial charge >= 0.3 is 0 Å². The summed E-state index contributed by atoms with van der Waals surface area (Å²) in [4.78, 5) is 0. The first-order chi connectivity index (χ1) is 9.10. The molecule has 0 atom stereocenters. The molecule has 3 nitrogen and oxygen atoms in total. The summed E-state index contributed by atoms with van der Waals surface area (Å²) in [6, 6.07) is 8.35. The molecule has 0 radical (unpaired) electrons. The molecule has 0 bridgehead atoms. The molecule has 0 aromatic heterocycles. The van der Waals surface area contributed by atoms with E-state index in [9.17, 15) is 0 Å². The average molecular weight is 266 g/mol. The van der Waals surface area contributed by atoms with E-state index in [1.165, 1.54) is 5.56 Å². The van der Waals surface area contributed by atoms with E-state index in [0.29, 0.717) is 26.4 Å². The zero-order chi connectivity index (χ0) is 14.1. The molecule has 0 N–H and O–H groups in total. The molecule has 0 amide bonds. The molecule has 0 saturated heterocycles. The lowest BCUT2D eigenvalue weighted by Crippen LogP contribution is -2.15. The predicted molar refractivity (Wildman–Crippen MR) is 77.9 cm³/mol. The Morgan fingerprint density at radius 3 is 2.16 bits per heavy atom. The monoisotopic (exact) mass is 266 g/mol. The van der Waals surface area contributed by atoms with E-state index in [1.54, 1.807) is 7.11 Å². The highest BCUT2D eigenvalue weighted by molar-refractivity contribution is 5.31. The minimum Gasteiger partial charge on any atom is -0.491 e. The Bertz CT molecular complexity index is 344. The summed E-state index contributed by atoms with van der Waals surface area (Å²) >= 11 is 0. The van der Waals surface area contributed by atoms with Crippen molar-refractivity contribution in [1.29, 1.82) is 0 Å². The van der Waals surface area contributed by atoms with Crippen LogP contribution in [0.15, 0.2) is 24.3 Å². The van der Waals surface area contributed by atoms with Crippen LogP contribution in [0.25, 0.3) is 0 Å². The van der Waals surface area contributed by atoms with E-state index in [-0.39, 0.29) is 5.41 Å². The van der Waals surface area contributed by atoms with Gasteiger partial charge in [0.25, 0.3) is 0 Å². The Labute approximate surface area is 116 Å². The fourth-order valence-corrected chi connectivity index (χ4v) is 1.67. The summed E-state index contributed by atoms with van der Waals surface area (Å²) in [5, 5.41) is 0. The van der Waals surface area contributed by atoms with Gasteiger partial charge < -0.3 is 14.2 Å². The van der Waals surface area contributed by atoms with Crippen LogP contribution in [0.5, 0.6) is 5.75 Å². The van der Waals surface area contributed by atoms with Crippen LogP contribution >= 0.6 is 0 Å². The molecule has 19 heavy (non-hydrogen) atoms. The summed E-state index contributed by atoms with van der Waals surface area (Å²) < 4.78 is 15.9. The standard InChI is InChI=1S/C16H26O3/c1-5-16(2,3)14-6-8-15(9-7-14)19-13-12-18-11-10-17-4/h6-9H,5,10-13H2,1-4H3. The van der Waals surface area contributed by atoms with Gasteiger partial charge in [-0.05, 0) is 29.5 Å². The van der Waals surface area contributed by atoms with Crippen molar-refractivity contribution in [3.05, 3.63) is 29.8 Å². The van der Waals surface area contributed by atoms with Gasteiger partial charge in [0.1, 0.15) is 12.4 Å². The van der Waals surface area contributed by atoms with E-state index < -0.39 is 0 Å². The van der Waals surface area contributed by atoms with Crippen molar-refractivity contribution in [3.8, 4) is 5.75 Å². The van der Waals surface area contributed by atoms with Gasteiger partial charge in [0, 0.05) is 7.11 Å². The summed E-state index contributed by atoms with van der Waals surface area (Å²) in [5.41, 5.74) is 1.57. The van der Waals surface area contributed by atoms with Crippen LogP contribution in [0.4, 0.5) is 0 Å². The van der Waals surface area contributed by atoms with Crippen LogP contribution in [0, 0.1) is 0 Å². The van der Waals surface area contributed by atoms with Gasteiger partial charge in [-0.15, -0.1) is 0 Å². The van der Waals surface area contributed by atoms with Crippen molar-refractivity contribution in [2.45, 2.75) is 32.6 Å². The van der Waals surface area contributed by atoms with Crippen LogP contribution < -0.4 is 4.74 Å². The van der Waals surface area contributed by atoms with Crippen molar-refractivity contribution in [2.75, 3.05) is 33.5 Å². The topological polar surface area (TPSA) is 27.7 Å². The number of methoxy groups -OCH3 is 1. The number of hydrogen-bond acceptors (Lipinski definition) is 3.